The zero-order valence-corrected chi connectivity index (χ0v) is 13.7. The third-order valence-electron chi connectivity index (χ3n) is 2.19. The van der Waals surface area contributed by atoms with Crippen molar-refractivity contribution in [2.45, 2.75) is 24.8 Å². The lowest BCUT2D eigenvalue weighted by Gasteiger charge is -2.12. The van der Waals surface area contributed by atoms with E-state index >= 15 is 0 Å². The summed E-state index contributed by atoms with van der Waals surface area (Å²) in [6.45, 7) is 2.93. The normalized spacial score (nSPS) is 11.4. The number of hydrogen-bond donors (Lipinski definition) is 1. The molecule has 0 saturated carbocycles. The number of nitrogens with one attached hydrogen (secondary N) is 1. The molecule has 0 aliphatic carbocycles. The first-order valence-electron chi connectivity index (χ1n) is 5.79. The van der Waals surface area contributed by atoms with Crippen LogP contribution in [0.5, 0.6) is 5.75 Å². The molecule has 0 bridgehead atoms. The van der Waals surface area contributed by atoms with Gasteiger partial charge in [0, 0.05) is 4.47 Å². The van der Waals surface area contributed by atoms with E-state index in [1.807, 2.05) is 0 Å². The van der Waals surface area contributed by atoms with Gasteiger partial charge in [0.15, 0.2) is 0 Å². The van der Waals surface area contributed by atoms with Gasteiger partial charge in [-0.25, -0.2) is 8.42 Å². The minimum absolute atomic E-state index is 0.0493. The molecule has 0 atom stereocenters. The molecule has 6 nitrogen and oxygen atoms in total. The van der Waals surface area contributed by atoms with Crippen molar-refractivity contribution in [3.63, 3.8) is 0 Å². The van der Waals surface area contributed by atoms with Crippen molar-refractivity contribution in [1.29, 1.82) is 0 Å². The van der Waals surface area contributed by atoms with E-state index in [-0.39, 0.29) is 16.7 Å². The molecule has 20 heavy (non-hydrogen) atoms. The van der Waals surface area contributed by atoms with E-state index in [0.29, 0.717) is 4.47 Å². The van der Waals surface area contributed by atoms with Gasteiger partial charge in [0.2, 0.25) is 10.0 Å². The molecule has 0 radical (unpaired) electrons. The summed E-state index contributed by atoms with van der Waals surface area (Å²) in [5.41, 5.74) is 0. The summed E-state index contributed by atoms with van der Waals surface area (Å²) in [6.07, 6.45) is -0.299. The molecule has 0 amide bonds. The van der Waals surface area contributed by atoms with Gasteiger partial charge in [0.1, 0.15) is 17.2 Å². The molecule has 1 rings (SSSR count). The van der Waals surface area contributed by atoms with Crippen LogP contribution in [0.25, 0.3) is 0 Å². The van der Waals surface area contributed by atoms with Crippen LogP contribution in [-0.2, 0) is 19.6 Å². The Hall–Kier alpha value is -1.12. The predicted molar refractivity (Wildman–Crippen MR) is 77.1 cm³/mol. The highest BCUT2D eigenvalue weighted by Crippen LogP contribution is 2.26. The van der Waals surface area contributed by atoms with Gasteiger partial charge in [0.25, 0.3) is 0 Å². The van der Waals surface area contributed by atoms with Crippen LogP contribution in [0, 0.1) is 0 Å². The zero-order valence-electron chi connectivity index (χ0n) is 11.3. The molecule has 0 fully saturated rings. The highest BCUT2D eigenvalue weighted by atomic mass is 79.9. The van der Waals surface area contributed by atoms with E-state index in [2.05, 4.69) is 20.7 Å². The molecule has 0 spiro atoms. The standard InChI is InChI=1S/C12H16BrNO5S/c1-8(2)19-12(15)7-14-20(16,17)11-6-9(13)4-5-10(11)18-3/h4-6,8,14H,7H2,1-3H3. The first-order valence-corrected chi connectivity index (χ1v) is 8.06. The summed E-state index contributed by atoms with van der Waals surface area (Å²) >= 11 is 3.19. The summed E-state index contributed by atoms with van der Waals surface area (Å²) in [4.78, 5) is 11.3. The minimum atomic E-state index is -3.86. The quantitative estimate of drug-likeness (QED) is 0.775. The number of esters is 1. The molecule has 1 aromatic carbocycles. The topological polar surface area (TPSA) is 81.7 Å². The summed E-state index contributed by atoms with van der Waals surface area (Å²) in [7, 11) is -2.49. The number of methoxy groups -OCH3 is 1. The Morgan fingerprint density at radius 3 is 2.60 bits per heavy atom. The third-order valence-corrected chi connectivity index (χ3v) is 4.10. The number of rotatable bonds is 6. The van der Waals surface area contributed by atoms with Gasteiger partial charge in [-0.05, 0) is 32.0 Å². The maximum atomic E-state index is 12.1. The number of halogens is 1. The molecule has 0 saturated heterocycles. The second-order valence-corrected chi connectivity index (χ2v) is 6.81. The average molecular weight is 366 g/mol. The molecule has 0 aliphatic heterocycles. The third kappa shape index (κ3) is 4.77. The van der Waals surface area contributed by atoms with E-state index in [1.54, 1.807) is 19.9 Å². The fourth-order valence-corrected chi connectivity index (χ4v) is 3.07. The van der Waals surface area contributed by atoms with Crippen molar-refractivity contribution < 1.29 is 22.7 Å². The number of ether oxygens (including phenoxy) is 2. The second kappa shape index (κ2) is 7.05. The molecule has 0 aromatic heterocycles. The molecule has 0 unspecified atom stereocenters. The highest BCUT2D eigenvalue weighted by Gasteiger charge is 2.21. The minimum Gasteiger partial charge on any atom is -0.495 e. The Morgan fingerprint density at radius 1 is 1.40 bits per heavy atom. The lowest BCUT2D eigenvalue weighted by Crippen LogP contribution is -2.32. The van der Waals surface area contributed by atoms with E-state index < -0.39 is 22.5 Å². The van der Waals surface area contributed by atoms with Gasteiger partial charge >= 0.3 is 5.97 Å². The van der Waals surface area contributed by atoms with E-state index in [1.165, 1.54) is 19.2 Å². The largest absolute Gasteiger partial charge is 0.495 e. The number of sulfonamides is 1. The van der Waals surface area contributed by atoms with Crippen molar-refractivity contribution in [1.82, 2.24) is 4.72 Å². The summed E-state index contributed by atoms with van der Waals surface area (Å²) < 4.78 is 36.9. The number of hydrogen-bond acceptors (Lipinski definition) is 5. The van der Waals surface area contributed by atoms with Crippen LogP contribution in [0.4, 0.5) is 0 Å². The summed E-state index contributed by atoms with van der Waals surface area (Å²) in [6, 6.07) is 4.57. The zero-order chi connectivity index (χ0) is 15.3. The van der Waals surface area contributed by atoms with Crippen LogP contribution >= 0.6 is 15.9 Å². The Bertz CT molecular complexity index is 586. The van der Waals surface area contributed by atoms with Crippen LogP contribution in [-0.4, -0.2) is 34.1 Å². The molecule has 8 heteroatoms. The van der Waals surface area contributed by atoms with Crippen molar-refractivity contribution in [2.75, 3.05) is 13.7 Å². The van der Waals surface area contributed by atoms with Gasteiger partial charge in [-0.2, -0.15) is 4.72 Å². The van der Waals surface area contributed by atoms with Crippen molar-refractivity contribution >= 4 is 31.9 Å². The fraction of sp³-hybridized carbons (Fsp3) is 0.417. The Morgan fingerprint density at radius 2 is 2.05 bits per heavy atom. The highest BCUT2D eigenvalue weighted by molar-refractivity contribution is 9.10. The van der Waals surface area contributed by atoms with Gasteiger partial charge in [-0.1, -0.05) is 15.9 Å². The lowest BCUT2D eigenvalue weighted by atomic mass is 10.3. The Labute approximate surface area is 126 Å². The lowest BCUT2D eigenvalue weighted by molar-refractivity contribution is -0.145. The molecule has 0 aliphatic rings. The monoisotopic (exact) mass is 365 g/mol. The average Bonchev–Trinajstić information content (AvgIpc) is 2.36. The first kappa shape index (κ1) is 16.9. The molecule has 0 heterocycles. The van der Waals surface area contributed by atoms with Crippen LogP contribution < -0.4 is 9.46 Å². The van der Waals surface area contributed by atoms with E-state index in [0.717, 1.165) is 0 Å². The Balaban J connectivity index is 2.89. The van der Waals surface area contributed by atoms with Crippen LogP contribution in [0.2, 0.25) is 0 Å². The number of carbonyl (C=O) groups is 1. The van der Waals surface area contributed by atoms with E-state index in [9.17, 15) is 13.2 Å². The number of carbonyl (C=O) groups excluding carboxylic acids is 1. The number of benzene rings is 1. The maximum Gasteiger partial charge on any atom is 0.321 e. The summed E-state index contributed by atoms with van der Waals surface area (Å²) in [5, 5.41) is 0. The van der Waals surface area contributed by atoms with Crippen molar-refractivity contribution in [3.05, 3.63) is 22.7 Å². The van der Waals surface area contributed by atoms with Gasteiger partial charge in [-0.3, -0.25) is 4.79 Å². The second-order valence-electron chi connectivity index (χ2n) is 4.16. The predicted octanol–water partition coefficient (Wildman–Crippen LogP) is 1.69. The van der Waals surface area contributed by atoms with Gasteiger partial charge in [-0.15, -0.1) is 0 Å². The van der Waals surface area contributed by atoms with Crippen LogP contribution in [0.15, 0.2) is 27.6 Å². The van der Waals surface area contributed by atoms with Crippen molar-refractivity contribution in [3.8, 4) is 5.75 Å². The van der Waals surface area contributed by atoms with Crippen LogP contribution in [0.3, 0.4) is 0 Å². The van der Waals surface area contributed by atoms with Crippen LogP contribution in [0.1, 0.15) is 13.8 Å². The molecular formula is C12H16BrNO5S. The van der Waals surface area contributed by atoms with Gasteiger partial charge in [0.05, 0.1) is 13.2 Å². The van der Waals surface area contributed by atoms with Gasteiger partial charge < -0.3 is 9.47 Å². The molecule has 1 aromatic rings. The van der Waals surface area contributed by atoms with Crippen molar-refractivity contribution in [2.24, 2.45) is 0 Å². The summed E-state index contributed by atoms with van der Waals surface area (Å²) in [5.74, 6) is -0.449. The first-order chi connectivity index (χ1) is 9.26. The fourth-order valence-electron chi connectivity index (χ4n) is 1.40. The molecule has 1 N–H and O–H groups in total. The molecule has 112 valence electrons. The van der Waals surface area contributed by atoms with E-state index in [4.69, 9.17) is 9.47 Å². The SMILES string of the molecule is COc1ccc(Br)cc1S(=O)(=O)NCC(=O)OC(C)C. The Kier molecular flexibility index (Phi) is 5.97. The maximum absolute atomic E-state index is 12.1. The smallest absolute Gasteiger partial charge is 0.321 e. The molecular weight excluding hydrogens is 350 g/mol.